The molecule has 1 aliphatic heterocycles. The summed E-state index contributed by atoms with van der Waals surface area (Å²) in [5.41, 5.74) is 2.39. The molecular formula is C31H34BrNO6S. The fourth-order valence-corrected chi connectivity index (χ4v) is 7.85. The zero-order chi connectivity index (χ0) is 29.0. The highest BCUT2D eigenvalue weighted by atomic mass is 79.9. The van der Waals surface area contributed by atoms with Gasteiger partial charge in [-0.1, -0.05) is 45.9 Å². The third-order valence-corrected chi connectivity index (χ3v) is 9.58. The first-order valence-electron chi connectivity index (χ1n) is 13.5. The van der Waals surface area contributed by atoms with Crippen LogP contribution in [0.15, 0.2) is 68.1 Å². The minimum Gasteiger partial charge on any atom is -0.490 e. The molecule has 0 N–H and O–H groups in total. The van der Waals surface area contributed by atoms with Gasteiger partial charge in [0.2, 0.25) is 0 Å². The van der Waals surface area contributed by atoms with Crippen molar-refractivity contribution in [1.82, 2.24) is 0 Å². The maximum absolute atomic E-state index is 13.7. The highest BCUT2D eigenvalue weighted by molar-refractivity contribution is 9.10. The van der Waals surface area contributed by atoms with Crippen LogP contribution in [0.4, 0.5) is 0 Å². The average Bonchev–Trinajstić information content (AvgIpc) is 2.84. The quantitative estimate of drug-likeness (QED) is 0.327. The maximum Gasteiger partial charge on any atom is 0.339 e. The van der Waals surface area contributed by atoms with E-state index in [1.807, 2.05) is 0 Å². The van der Waals surface area contributed by atoms with Crippen molar-refractivity contribution in [1.29, 1.82) is 0 Å². The highest BCUT2D eigenvalue weighted by Gasteiger charge is 2.50. The summed E-state index contributed by atoms with van der Waals surface area (Å²) >= 11 is 3.52. The number of nitrogens with zero attached hydrogens (tertiary/aromatic N) is 1. The topological polar surface area (TPSA) is 99.1 Å². The van der Waals surface area contributed by atoms with Gasteiger partial charge < -0.3 is 8.92 Å². The van der Waals surface area contributed by atoms with Gasteiger partial charge in [0.25, 0.3) is 0 Å². The van der Waals surface area contributed by atoms with Gasteiger partial charge in [0.1, 0.15) is 10.7 Å². The molecule has 5 rings (SSSR count). The Hall–Kier alpha value is -2.78. The number of hydrogen-bond donors (Lipinski definition) is 0. The molecule has 2 aromatic rings. The number of carbonyl (C=O) groups excluding carboxylic acids is 2. The Bertz CT molecular complexity index is 1560. The molecule has 2 aromatic carbocycles. The summed E-state index contributed by atoms with van der Waals surface area (Å²) in [5, 5.41) is 0. The molecule has 0 aromatic heterocycles. The van der Waals surface area contributed by atoms with Crippen molar-refractivity contribution in [2.75, 3.05) is 6.61 Å². The van der Waals surface area contributed by atoms with Crippen molar-refractivity contribution in [2.45, 2.75) is 71.1 Å². The second-order valence-electron chi connectivity index (χ2n) is 12.5. The maximum atomic E-state index is 13.7. The van der Waals surface area contributed by atoms with Gasteiger partial charge in [-0.05, 0) is 76.4 Å². The number of ketones is 2. The van der Waals surface area contributed by atoms with Gasteiger partial charge in [-0.15, -0.1) is 0 Å². The van der Waals surface area contributed by atoms with Crippen LogP contribution in [0.2, 0.25) is 0 Å². The number of hydrogen-bond acceptors (Lipinski definition) is 7. The zero-order valence-electron chi connectivity index (χ0n) is 23.4. The molecule has 2 aliphatic carbocycles. The Labute approximate surface area is 244 Å². The normalized spacial score (nSPS) is 23.7. The lowest BCUT2D eigenvalue weighted by molar-refractivity contribution is -0.124. The van der Waals surface area contributed by atoms with Gasteiger partial charge in [0.15, 0.2) is 17.3 Å². The van der Waals surface area contributed by atoms with E-state index in [1.54, 1.807) is 37.3 Å². The number of halogens is 1. The summed E-state index contributed by atoms with van der Waals surface area (Å²) in [4.78, 5) is 32.3. The number of benzene rings is 2. The van der Waals surface area contributed by atoms with Crippen LogP contribution in [0.25, 0.3) is 0 Å². The van der Waals surface area contributed by atoms with Gasteiger partial charge in [-0.25, -0.2) is 0 Å². The molecule has 212 valence electrons. The number of rotatable bonds is 6. The third-order valence-electron chi connectivity index (χ3n) is 7.75. The summed E-state index contributed by atoms with van der Waals surface area (Å²) in [5.74, 6) is -0.809. The van der Waals surface area contributed by atoms with Crippen molar-refractivity contribution in [2.24, 2.45) is 21.7 Å². The standard InChI is InChI=1S/C31H34BrNO6S/c1-6-38-25-13-18(12-20(32)29(25)39-40(36,37)19-10-8-7-9-11-19)26-27-21(14-30(2,3)16-23(27)34)33-22-15-31(4,5)17-24(35)28(22)26/h7-13,26-27H,6,14-17H2,1-5H3. The smallest absolute Gasteiger partial charge is 0.339 e. The predicted molar refractivity (Wildman–Crippen MR) is 156 cm³/mol. The number of aliphatic imine (C=N–C) groups is 1. The van der Waals surface area contributed by atoms with Crippen molar-refractivity contribution in [3.8, 4) is 11.5 Å². The van der Waals surface area contributed by atoms with E-state index in [0.29, 0.717) is 41.3 Å². The van der Waals surface area contributed by atoms with Crippen LogP contribution in [-0.4, -0.2) is 32.3 Å². The van der Waals surface area contributed by atoms with Crippen LogP contribution in [0.1, 0.15) is 71.8 Å². The number of allylic oxidation sites excluding steroid dienone is 2. The Morgan fingerprint density at radius 2 is 1.62 bits per heavy atom. The van der Waals surface area contributed by atoms with E-state index in [-0.39, 0.29) is 45.4 Å². The summed E-state index contributed by atoms with van der Waals surface area (Å²) in [6.07, 6.45) is 2.08. The molecule has 0 saturated heterocycles. The molecule has 0 spiro atoms. The van der Waals surface area contributed by atoms with E-state index >= 15 is 0 Å². The van der Waals surface area contributed by atoms with E-state index in [0.717, 1.165) is 11.4 Å². The summed E-state index contributed by atoms with van der Waals surface area (Å²) in [7, 11) is -4.14. The third kappa shape index (κ3) is 5.42. The van der Waals surface area contributed by atoms with Crippen molar-refractivity contribution >= 4 is 43.3 Å². The summed E-state index contributed by atoms with van der Waals surface area (Å²) in [6.45, 7) is 10.3. The number of ether oxygens (including phenoxy) is 1. The van der Waals surface area contributed by atoms with E-state index < -0.39 is 22.0 Å². The van der Waals surface area contributed by atoms with Crippen LogP contribution in [-0.2, 0) is 19.7 Å². The summed E-state index contributed by atoms with van der Waals surface area (Å²) < 4.78 is 38.0. The first kappa shape index (κ1) is 28.7. The van der Waals surface area contributed by atoms with E-state index in [9.17, 15) is 18.0 Å². The van der Waals surface area contributed by atoms with Gasteiger partial charge in [-0.2, -0.15) is 8.42 Å². The second kappa shape index (κ2) is 10.2. The first-order valence-corrected chi connectivity index (χ1v) is 15.7. The van der Waals surface area contributed by atoms with E-state index in [1.165, 1.54) is 12.1 Å². The average molecular weight is 629 g/mol. The molecule has 0 radical (unpaired) electrons. The lowest BCUT2D eigenvalue weighted by atomic mass is 9.60. The van der Waals surface area contributed by atoms with E-state index in [2.05, 4.69) is 43.6 Å². The monoisotopic (exact) mass is 627 g/mol. The molecular weight excluding hydrogens is 594 g/mol. The lowest BCUT2D eigenvalue weighted by Gasteiger charge is -2.44. The SMILES string of the molecule is CCOc1cc(C2C3=C(CC(C)(C)CC3=O)N=C3CC(C)(C)CC(=O)C32)cc(Br)c1OS(=O)(=O)c1ccccc1. The Balaban J connectivity index is 1.65. The van der Waals surface area contributed by atoms with Crippen LogP contribution in [0.3, 0.4) is 0 Å². The molecule has 1 fully saturated rings. The van der Waals surface area contributed by atoms with Crippen LogP contribution >= 0.6 is 15.9 Å². The minimum absolute atomic E-state index is 0.00209. The molecule has 0 amide bonds. The van der Waals surface area contributed by atoms with Crippen LogP contribution in [0, 0.1) is 16.7 Å². The number of Topliss-reactive ketones (excluding diaryl/α,β-unsaturated/α-hetero) is 2. The summed E-state index contributed by atoms with van der Waals surface area (Å²) in [6, 6.07) is 11.3. The Morgan fingerprint density at radius 1 is 0.950 bits per heavy atom. The Kier molecular flexibility index (Phi) is 7.36. The fraction of sp³-hybridized carbons (Fsp3) is 0.452. The second-order valence-corrected chi connectivity index (χ2v) is 14.9. The molecule has 2 unspecified atom stereocenters. The molecule has 2 atom stereocenters. The van der Waals surface area contributed by atoms with Gasteiger partial charge in [-0.3, -0.25) is 14.6 Å². The fourth-order valence-electron chi connectivity index (χ4n) is 6.23. The van der Waals surface area contributed by atoms with Gasteiger partial charge >= 0.3 is 10.1 Å². The van der Waals surface area contributed by atoms with Gasteiger partial charge in [0, 0.05) is 35.7 Å². The molecule has 7 nitrogen and oxygen atoms in total. The van der Waals surface area contributed by atoms with Gasteiger partial charge in [0.05, 0.1) is 17.0 Å². The van der Waals surface area contributed by atoms with Crippen molar-refractivity contribution < 1.29 is 26.9 Å². The lowest BCUT2D eigenvalue weighted by Crippen LogP contribution is -2.45. The first-order chi connectivity index (χ1) is 18.7. The Morgan fingerprint density at radius 3 is 2.30 bits per heavy atom. The van der Waals surface area contributed by atoms with Crippen LogP contribution < -0.4 is 8.92 Å². The molecule has 3 aliphatic rings. The molecule has 0 bridgehead atoms. The predicted octanol–water partition coefficient (Wildman–Crippen LogP) is 6.80. The van der Waals surface area contributed by atoms with E-state index in [4.69, 9.17) is 13.9 Å². The molecule has 40 heavy (non-hydrogen) atoms. The van der Waals surface area contributed by atoms with Crippen LogP contribution in [0.5, 0.6) is 11.5 Å². The molecule has 9 heteroatoms. The van der Waals surface area contributed by atoms with Crippen molar-refractivity contribution in [3.63, 3.8) is 0 Å². The minimum atomic E-state index is -4.14. The van der Waals surface area contributed by atoms with Crippen molar-refractivity contribution in [3.05, 3.63) is 63.8 Å². The highest BCUT2D eigenvalue weighted by Crippen LogP contribution is 2.53. The number of fused-ring (bicyclic) bond motifs is 1. The number of carbonyl (C=O) groups is 2. The zero-order valence-corrected chi connectivity index (χ0v) is 25.8. The largest absolute Gasteiger partial charge is 0.490 e. The molecule has 1 saturated carbocycles. The molecule has 1 heterocycles.